The van der Waals surface area contributed by atoms with E-state index in [0.29, 0.717) is 12.1 Å². The second kappa shape index (κ2) is 18.2. The van der Waals surface area contributed by atoms with Crippen LogP contribution < -0.4 is 32.3 Å². The largest absolute Gasteiger partial charge is 0.469 e. The normalized spacial score (nSPS) is 26.6. The summed E-state index contributed by atoms with van der Waals surface area (Å²) >= 11 is 0. The van der Waals surface area contributed by atoms with Crippen LogP contribution in [0.25, 0.3) is 0 Å². The van der Waals surface area contributed by atoms with Gasteiger partial charge in [0.1, 0.15) is 36.3 Å². The van der Waals surface area contributed by atoms with Gasteiger partial charge in [-0.2, -0.15) is 0 Å². The van der Waals surface area contributed by atoms with Crippen LogP contribution in [0.1, 0.15) is 58.6 Å². The highest BCUT2D eigenvalue weighted by Gasteiger charge is 2.42. The molecule has 2 aliphatic rings. The minimum Gasteiger partial charge on any atom is -0.394 e. The summed E-state index contributed by atoms with van der Waals surface area (Å²) in [5.41, 5.74) is 5.70. The Labute approximate surface area is 292 Å². The van der Waals surface area contributed by atoms with Crippen molar-refractivity contribution in [1.82, 2.24) is 41.5 Å². The van der Waals surface area contributed by atoms with Crippen molar-refractivity contribution < 1.29 is 57.5 Å². The average molecular weight is 744 g/mol. The Kier molecular flexibility index (Phi) is 14.6. The predicted molar refractivity (Wildman–Crippen MR) is 174 cm³/mol. The molecular weight excluding hydrogens is 697 g/mol. The maximum Gasteiger partial charge on any atom is 0.469 e. The summed E-state index contributed by atoms with van der Waals surface area (Å²) in [7, 11) is -5.27. The van der Waals surface area contributed by atoms with Gasteiger partial charge in [-0.15, -0.1) is 0 Å². The van der Waals surface area contributed by atoms with Crippen LogP contribution in [0.3, 0.4) is 0 Å². The van der Waals surface area contributed by atoms with E-state index in [4.69, 9.17) is 5.73 Å². The lowest BCUT2D eigenvalue weighted by molar-refractivity contribution is -0.143. The van der Waals surface area contributed by atoms with Gasteiger partial charge >= 0.3 is 7.82 Å². The highest BCUT2D eigenvalue weighted by atomic mass is 31.2. The summed E-state index contributed by atoms with van der Waals surface area (Å²) in [5.74, 6) is -6.56. The van der Waals surface area contributed by atoms with E-state index in [2.05, 4.69) is 41.1 Å². The van der Waals surface area contributed by atoms with Gasteiger partial charge in [-0.05, 0) is 38.5 Å². The van der Waals surface area contributed by atoms with Crippen molar-refractivity contribution in [2.75, 3.05) is 13.2 Å². The summed E-state index contributed by atoms with van der Waals surface area (Å²) < 4.78 is 16.3. The van der Waals surface area contributed by atoms with Crippen molar-refractivity contribution >= 4 is 49.2 Å². The number of hydrogen-bond donors (Lipinski definition) is 10. The molecule has 22 heteroatoms. The summed E-state index contributed by atoms with van der Waals surface area (Å²) in [6.45, 7) is 3.67. The van der Waals surface area contributed by atoms with Gasteiger partial charge in [0, 0.05) is 31.3 Å². The molecule has 2 saturated heterocycles. The van der Waals surface area contributed by atoms with Gasteiger partial charge in [-0.3, -0.25) is 38.1 Å². The van der Waals surface area contributed by atoms with Crippen molar-refractivity contribution in [3.8, 4) is 0 Å². The topological polar surface area (TPSA) is 325 Å². The third kappa shape index (κ3) is 12.1. The Balaban J connectivity index is 2.10. The second-order valence-corrected chi connectivity index (χ2v) is 14.0. The van der Waals surface area contributed by atoms with Crippen LogP contribution in [0.5, 0.6) is 0 Å². The molecule has 0 spiro atoms. The number of nitrogens with two attached hydrogens (primary N) is 1. The number of primary amides is 1. The van der Waals surface area contributed by atoms with Crippen molar-refractivity contribution in [3.63, 3.8) is 0 Å². The number of carbonyl (C=O) groups is 7. The smallest absolute Gasteiger partial charge is 0.394 e. The summed E-state index contributed by atoms with van der Waals surface area (Å²) in [6, 6.07) is -8.92. The summed E-state index contributed by atoms with van der Waals surface area (Å²) in [4.78, 5) is 120. The van der Waals surface area contributed by atoms with Crippen LogP contribution in [0.4, 0.5) is 0 Å². The fraction of sp³-hybridized carbons (Fsp3) is 0.655. The van der Waals surface area contributed by atoms with E-state index in [0.717, 1.165) is 6.92 Å². The summed E-state index contributed by atoms with van der Waals surface area (Å²) in [6.07, 6.45) is 0.709. The van der Waals surface area contributed by atoms with Gasteiger partial charge in [0.2, 0.25) is 41.4 Å². The molecule has 0 saturated carbocycles. The summed E-state index contributed by atoms with van der Waals surface area (Å²) in [5, 5.41) is 22.2. The van der Waals surface area contributed by atoms with Gasteiger partial charge in [0.25, 0.3) is 0 Å². The van der Waals surface area contributed by atoms with Crippen molar-refractivity contribution in [1.29, 1.82) is 0 Å². The molecule has 3 heterocycles. The molecule has 0 radical (unpaired) electrons. The number of rotatable bonds is 11. The van der Waals surface area contributed by atoms with E-state index < -0.39 is 105 Å². The molecule has 284 valence electrons. The lowest BCUT2D eigenvalue weighted by atomic mass is 10.0. The predicted octanol–water partition coefficient (Wildman–Crippen LogP) is -3.82. The zero-order valence-electron chi connectivity index (χ0n) is 28.4. The number of hydrogen-bond acceptors (Lipinski definition) is 11. The molecule has 0 unspecified atom stereocenters. The van der Waals surface area contributed by atoms with Gasteiger partial charge < -0.3 is 57.1 Å². The van der Waals surface area contributed by atoms with Crippen molar-refractivity contribution in [3.05, 3.63) is 18.2 Å². The third-order valence-corrected chi connectivity index (χ3v) is 8.86. The van der Waals surface area contributed by atoms with E-state index in [1.165, 1.54) is 17.4 Å². The molecule has 1 aromatic heterocycles. The van der Waals surface area contributed by atoms with Crippen LogP contribution in [-0.4, -0.2) is 127 Å². The molecule has 0 aromatic carbocycles. The SMILES string of the molecule is CC(C)C[C@@H]1NC(=O)[C@@H]2CCCN2C(=O)[C@H](CCC(N)=O)NC(=O)[C@H]([C@@H](C)OP(=O)(O)O)NC(=O)[C@H](CO)NC(=O)[C@H](Cc2cnc[nH]2)NC1=O. The Morgan fingerprint density at radius 1 is 0.941 bits per heavy atom. The zero-order valence-corrected chi connectivity index (χ0v) is 29.3. The first-order chi connectivity index (χ1) is 23.9. The quantitative estimate of drug-likeness (QED) is 0.0973. The number of H-pyrrole nitrogens is 1. The zero-order chi connectivity index (χ0) is 38.0. The number of aliphatic hydroxyl groups excluding tert-OH is 1. The van der Waals surface area contributed by atoms with E-state index in [1.807, 2.05) is 0 Å². The number of phosphoric ester groups is 1. The fourth-order valence-corrected chi connectivity index (χ4v) is 6.33. The van der Waals surface area contributed by atoms with E-state index in [9.17, 15) is 53.0 Å². The Morgan fingerprint density at radius 3 is 2.14 bits per heavy atom. The molecule has 21 nitrogen and oxygen atoms in total. The molecule has 3 rings (SSSR count). The number of aromatic nitrogens is 2. The number of nitrogens with zero attached hydrogens (tertiary/aromatic N) is 2. The van der Waals surface area contributed by atoms with Crippen molar-refractivity contribution in [2.45, 2.75) is 102 Å². The van der Waals surface area contributed by atoms with E-state index >= 15 is 0 Å². The van der Waals surface area contributed by atoms with Crippen LogP contribution in [-0.2, 0) is 49.1 Å². The number of nitrogens with one attached hydrogen (secondary N) is 6. The third-order valence-electron chi connectivity index (χ3n) is 8.25. The molecule has 51 heavy (non-hydrogen) atoms. The Morgan fingerprint density at radius 2 is 1.55 bits per heavy atom. The number of aliphatic hydroxyl groups is 1. The number of imidazole rings is 1. The number of phosphoric acid groups is 1. The monoisotopic (exact) mass is 743 g/mol. The maximum absolute atomic E-state index is 13.9. The lowest BCUT2D eigenvalue weighted by Crippen LogP contribution is -2.63. The fourth-order valence-electron chi connectivity index (χ4n) is 5.77. The highest BCUT2D eigenvalue weighted by Crippen LogP contribution is 2.38. The molecule has 2 fully saturated rings. The Bertz CT molecular complexity index is 1490. The number of fused-ring (bicyclic) bond motifs is 1. The lowest BCUT2D eigenvalue weighted by Gasteiger charge is -2.32. The van der Waals surface area contributed by atoms with E-state index in [1.54, 1.807) is 13.8 Å². The molecule has 7 atom stereocenters. The average Bonchev–Trinajstić information content (AvgIpc) is 3.74. The standard InChI is InChI=1S/C29H46N9O12P/c1-14(2)9-18-24(41)34-19(10-16-11-31-13-32-16)25(42)36-20(12-39)26(43)37-23(15(3)50-51(47,48)49)28(45)33-17(6-7-22(30)40)29(46)38-8-4-5-21(38)27(44)35-18/h11,13-15,17-21,23,39H,4-10,12H2,1-3H3,(H2,30,40)(H,31,32)(H,33,45)(H,34,41)(H,35,44)(H,36,42)(H,37,43)(H2,47,48,49)/t15-,17+,18+,19+,20+,21+,23+/m1/s1. The molecule has 0 bridgehead atoms. The van der Waals surface area contributed by atoms with Crippen LogP contribution in [0.15, 0.2) is 12.5 Å². The minimum absolute atomic E-state index is 0.0589. The minimum atomic E-state index is -5.27. The first kappa shape index (κ1) is 41.0. The van der Waals surface area contributed by atoms with Crippen LogP contribution >= 0.6 is 7.82 Å². The van der Waals surface area contributed by atoms with Gasteiger partial charge in [-0.1, -0.05) is 13.8 Å². The molecule has 2 aliphatic heterocycles. The maximum atomic E-state index is 13.9. The van der Waals surface area contributed by atoms with Crippen LogP contribution in [0, 0.1) is 5.92 Å². The molecule has 1 aromatic rings. The number of aromatic amines is 1. The van der Waals surface area contributed by atoms with Gasteiger partial charge in [-0.25, -0.2) is 9.55 Å². The first-order valence-electron chi connectivity index (χ1n) is 16.3. The molecular formula is C29H46N9O12P. The molecule has 7 amide bonds. The first-order valence-corrected chi connectivity index (χ1v) is 17.9. The number of amides is 7. The number of carbonyl (C=O) groups excluding carboxylic acids is 7. The van der Waals surface area contributed by atoms with Gasteiger partial charge in [0.15, 0.2) is 0 Å². The van der Waals surface area contributed by atoms with E-state index in [-0.39, 0.29) is 38.1 Å². The Hall–Kier alpha value is -4.43. The molecule has 0 aliphatic carbocycles. The van der Waals surface area contributed by atoms with Gasteiger partial charge in [0.05, 0.1) is 19.0 Å². The second-order valence-electron chi connectivity index (χ2n) is 12.8. The molecule has 11 N–H and O–H groups in total. The van der Waals surface area contributed by atoms with Crippen LogP contribution in [0.2, 0.25) is 0 Å². The van der Waals surface area contributed by atoms with Crippen molar-refractivity contribution in [2.24, 2.45) is 11.7 Å². The highest BCUT2D eigenvalue weighted by molar-refractivity contribution is 7.46.